The Kier molecular flexibility index (Phi) is 3.69. The smallest absolute Gasteiger partial charge is 0.305 e. The average Bonchev–Trinajstić information content (AvgIpc) is 2.67. The van der Waals surface area contributed by atoms with E-state index < -0.39 is 11.9 Å². The first kappa shape index (κ1) is 13.3. The molecule has 0 atom stereocenters. The summed E-state index contributed by atoms with van der Waals surface area (Å²) in [7, 11) is 0. The highest BCUT2D eigenvalue weighted by atomic mass is 16.4. The fourth-order valence-corrected chi connectivity index (χ4v) is 2.23. The van der Waals surface area contributed by atoms with Crippen LogP contribution in [0.4, 0.5) is 0 Å². The monoisotopic (exact) mass is 265 g/mol. The van der Waals surface area contributed by atoms with Gasteiger partial charge in [-0.05, 0) is 13.3 Å². The fourth-order valence-electron chi connectivity index (χ4n) is 2.23. The summed E-state index contributed by atoms with van der Waals surface area (Å²) in [5, 5.41) is 11.0. The van der Waals surface area contributed by atoms with Gasteiger partial charge in [0.15, 0.2) is 11.5 Å². The standard InChI is InChI=1S/C13H15NO5/c1-7-11-8(15)3-2-4-9(11)19-12(7)13(18)14-6-5-10(16)17/h2-6H2,1H3,(H,14,18)(H,16,17). The second-order valence-corrected chi connectivity index (χ2v) is 4.53. The lowest BCUT2D eigenvalue weighted by atomic mass is 9.94. The molecule has 102 valence electrons. The second-order valence-electron chi connectivity index (χ2n) is 4.53. The number of carboxylic acids is 1. The molecule has 1 aromatic rings. The van der Waals surface area contributed by atoms with Gasteiger partial charge < -0.3 is 14.8 Å². The lowest BCUT2D eigenvalue weighted by Crippen LogP contribution is -2.26. The molecule has 0 saturated carbocycles. The lowest BCUT2D eigenvalue weighted by molar-refractivity contribution is -0.136. The van der Waals surface area contributed by atoms with E-state index in [9.17, 15) is 14.4 Å². The highest BCUT2D eigenvalue weighted by Crippen LogP contribution is 2.29. The molecule has 0 fully saturated rings. The molecule has 6 heteroatoms. The number of fused-ring (bicyclic) bond motifs is 1. The van der Waals surface area contributed by atoms with E-state index in [0.29, 0.717) is 29.7 Å². The minimum Gasteiger partial charge on any atom is -0.481 e. The Morgan fingerprint density at radius 3 is 2.74 bits per heavy atom. The normalized spacial score (nSPS) is 14.1. The van der Waals surface area contributed by atoms with Crippen molar-refractivity contribution in [2.24, 2.45) is 0 Å². The van der Waals surface area contributed by atoms with Crippen LogP contribution in [0.15, 0.2) is 4.42 Å². The third-order valence-electron chi connectivity index (χ3n) is 3.14. The molecule has 2 N–H and O–H groups in total. The highest BCUT2D eigenvalue weighted by Gasteiger charge is 2.28. The van der Waals surface area contributed by atoms with E-state index in [1.807, 2.05) is 0 Å². The predicted molar refractivity (Wildman–Crippen MR) is 65.3 cm³/mol. The van der Waals surface area contributed by atoms with Crippen LogP contribution in [0.2, 0.25) is 0 Å². The van der Waals surface area contributed by atoms with Crippen LogP contribution < -0.4 is 5.32 Å². The van der Waals surface area contributed by atoms with Crippen molar-refractivity contribution in [3.05, 3.63) is 22.6 Å². The summed E-state index contributed by atoms with van der Waals surface area (Å²) >= 11 is 0. The number of carboxylic acid groups (broad SMARTS) is 1. The highest BCUT2D eigenvalue weighted by molar-refractivity contribution is 6.03. The van der Waals surface area contributed by atoms with Crippen molar-refractivity contribution >= 4 is 17.7 Å². The molecule has 0 spiro atoms. The Hall–Kier alpha value is -2.11. The Balaban J connectivity index is 2.15. The van der Waals surface area contributed by atoms with Gasteiger partial charge in [-0.3, -0.25) is 14.4 Å². The SMILES string of the molecule is Cc1c(C(=O)NCCC(=O)O)oc2c1C(=O)CCC2. The van der Waals surface area contributed by atoms with Crippen molar-refractivity contribution in [3.8, 4) is 0 Å². The Morgan fingerprint density at radius 1 is 1.37 bits per heavy atom. The number of ketones is 1. The summed E-state index contributed by atoms with van der Waals surface area (Å²) in [5.41, 5.74) is 1.07. The van der Waals surface area contributed by atoms with E-state index in [0.717, 1.165) is 6.42 Å². The first-order valence-electron chi connectivity index (χ1n) is 6.16. The number of aryl methyl sites for hydroxylation is 1. The van der Waals surface area contributed by atoms with Crippen molar-refractivity contribution in [1.29, 1.82) is 0 Å². The number of amides is 1. The van der Waals surface area contributed by atoms with Gasteiger partial charge in [-0.1, -0.05) is 0 Å². The molecule has 0 saturated heterocycles. The number of aliphatic carboxylic acids is 1. The number of carbonyl (C=O) groups excluding carboxylic acids is 2. The zero-order valence-corrected chi connectivity index (χ0v) is 10.6. The predicted octanol–water partition coefficient (Wildman–Crippen LogP) is 1.31. The fraction of sp³-hybridized carbons (Fsp3) is 0.462. The van der Waals surface area contributed by atoms with Gasteiger partial charge >= 0.3 is 5.97 Å². The molecular formula is C13H15NO5. The van der Waals surface area contributed by atoms with Crippen molar-refractivity contribution in [2.75, 3.05) is 6.54 Å². The van der Waals surface area contributed by atoms with Gasteiger partial charge in [0.25, 0.3) is 5.91 Å². The lowest BCUT2D eigenvalue weighted by Gasteiger charge is -2.07. The molecule has 2 rings (SSSR count). The number of hydrogen-bond acceptors (Lipinski definition) is 4. The van der Waals surface area contributed by atoms with Crippen LogP contribution in [-0.2, 0) is 11.2 Å². The molecule has 0 aliphatic heterocycles. The Bertz CT molecular complexity index is 543. The summed E-state index contributed by atoms with van der Waals surface area (Å²) in [5.74, 6) is -0.762. The van der Waals surface area contributed by atoms with Gasteiger partial charge in [-0.2, -0.15) is 0 Å². The molecule has 0 bridgehead atoms. The van der Waals surface area contributed by atoms with Crippen molar-refractivity contribution in [1.82, 2.24) is 5.32 Å². The van der Waals surface area contributed by atoms with E-state index in [-0.39, 0.29) is 24.5 Å². The molecule has 1 heterocycles. The molecule has 1 aliphatic carbocycles. The Labute approximate surface area is 109 Å². The van der Waals surface area contributed by atoms with E-state index >= 15 is 0 Å². The first-order valence-corrected chi connectivity index (χ1v) is 6.16. The van der Waals surface area contributed by atoms with Crippen LogP contribution >= 0.6 is 0 Å². The zero-order valence-electron chi connectivity index (χ0n) is 10.6. The van der Waals surface area contributed by atoms with Crippen LogP contribution in [-0.4, -0.2) is 29.3 Å². The third-order valence-corrected chi connectivity index (χ3v) is 3.14. The number of hydrogen-bond donors (Lipinski definition) is 2. The second kappa shape index (κ2) is 5.26. The molecule has 19 heavy (non-hydrogen) atoms. The summed E-state index contributed by atoms with van der Waals surface area (Å²) in [6.45, 7) is 1.71. The number of rotatable bonds is 4. The largest absolute Gasteiger partial charge is 0.481 e. The Morgan fingerprint density at radius 2 is 2.11 bits per heavy atom. The summed E-state index contributed by atoms with van der Waals surface area (Å²) < 4.78 is 5.45. The minimum atomic E-state index is -0.981. The molecular weight excluding hydrogens is 250 g/mol. The summed E-state index contributed by atoms with van der Waals surface area (Å²) in [6, 6.07) is 0. The maximum absolute atomic E-state index is 11.9. The quantitative estimate of drug-likeness (QED) is 0.855. The molecule has 0 aromatic carbocycles. The van der Waals surface area contributed by atoms with E-state index in [1.165, 1.54) is 0 Å². The summed E-state index contributed by atoms with van der Waals surface area (Å²) in [6.07, 6.45) is 1.72. The van der Waals surface area contributed by atoms with E-state index in [4.69, 9.17) is 9.52 Å². The number of carbonyl (C=O) groups is 3. The van der Waals surface area contributed by atoms with Gasteiger partial charge in [0, 0.05) is 24.9 Å². The van der Waals surface area contributed by atoms with E-state index in [1.54, 1.807) is 6.92 Å². The molecule has 1 amide bonds. The van der Waals surface area contributed by atoms with Crippen LogP contribution in [0.1, 0.15) is 51.5 Å². The van der Waals surface area contributed by atoms with Gasteiger partial charge in [-0.25, -0.2) is 0 Å². The van der Waals surface area contributed by atoms with Crippen LogP contribution in [0, 0.1) is 6.92 Å². The number of furan rings is 1. The molecule has 1 aliphatic rings. The van der Waals surface area contributed by atoms with Crippen molar-refractivity contribution in [2.45, 2.75) is 32.6 Å². The van der Waals surface area contributed by atoms with Gasteiger partial charge in [0.1, 0.15) is 5.76 Å². The van der Waals surface area contributed by atoms with Crippen molar-refractivity contribution in [3.63, 3.8) is 0 Å². The molecule has 6 nitrogen and oxygen atoms in total. The number of nitrogens with one attached hydrogen (secondary N) is 1. The first-order chi connectivity index (χ1) is 9.00. The maximum Gasteiger partial charge on any atom is 0.305 e. The molecule has 0 radical (unpaired) electrons. The number of Topliss-reactive ketones (excluding diaryl/α,β-unsaturated/α-hetero) is 1. The average molecular weight is 265 g/mol. The van der Waals surface area contributed by atoms with Gasteiger partial charge in [0.2, 0.25) is 0 Å². The molecule has 1 aromatic heterocycles. The van der Waals surface area contributed by atoms with Crippen LogP contribution in [0.5, 0.6) is 0 Å². The topological polar surface area (TPSA) is 96.6 Å². The van der Waals surface area contributed by atoms with Crippen molar-refractivity contribution < 1.29 is 23.9 Å². The van der Waals surface area contributed by atoms with E-state index in [2.05, 4.69) is 5.32 Å². The summed E-state index contributed by atoms with van der Waals surface area (Å²) in [4.78, 5) is 34.0. The van der Waals surface area contributed by atoms with Crippen LogP contribution in [0.3, 0.4) is 0 Å². The zero-order chi connectivity index (χ0) is 14.0. The van der Waals surface area contributed by atoms with Gasteiger partial charge in [0.05, 0.1) is 12.0 Å². The third kappa shape index (κ3) is 2.67. The molecule has 0 unspecified atom stereocenters. The van der Waals surface area contributed by atoms with Gasteiger partial charge in [-0.15, -0.1) is 0 Å². The van der Waals surface area contributed by atoms with Crippen LogP contribution in [0.25, 0.3) is 0 Å². The minimum absolute atomic E-state index is 0.00656. The maximum atomic E-state index is 11.9.